The number of pyridine rings is 1. The molecule has 8 nitrogen and oxygen atoms in total. The first-order valence-electron chi connectivity index (χ1n) is 9.57. The first kappa shape index (κ1) is 19.0. The molecule has 3 aromatic rings. The number of anilines is 3. The van der Waals surface area contributed by atoms with Crippen LogP contribution in [0.3, 0.4) is 0 Å². The number of fused-ring (bicyclic) bond motifs is 1. The van der Waals surface area contributed by atoms with Crippen LogP contribution in [0.15, 0.2) is 59.1 Å². The minimum atomic E-state index is -3.72. The third-order valence-electron chi connectivity index (χ3n) is 5.43. The van der Waals surface area contributed by atoms with Gasteiger partial charge in [-0.1, -0.05) is 6.07 Å². The molecule has 4 heterocycles. The molecule has 0 spiro atoms. The number of hydrogen-bond donors (Lipinski definition) is 1. The number of carbonyl (C=O) groups is 1. The quantitative estimate of drug-likeness (QED) is 0.649. The van der Waals surface area contributed by atoms with E-state index < -0.39 is 10.0 Å². The van der Waals surface area contributed by atoms with Crippen LogP contribution in [-0.2, 0) is 21.2 Å². The highest BCUT2D eigenvalue weighted by Gasteiger charge is 2.39. The summed E-state index contributed by atoms with van der Waals surface area (Å²) in [6.45, 7) is 1.38. The van der Waals surface area contributed by atoms with E-state index in [4.69, 9.17) is 0 Å². The lowest BCUT2D eigenvalue weighted by Crippen LogP contribution is -2.41. The molecule has 0 radical (unpaired) electrons. The predicted molar refractivity (Wildman–Crippen MR) is 120 cm³/mol. The smallest absolute Gasteiger partial charge is 0.263 e. The summed E-state index contributed by atoms with van der Waals surface area (Å²) >= 11 is 1.21. The van der Waals surface area contributed by atoms with E-state index in [0.717, 1.165) is 18.8 Å². The van der Waals surface area contributed by atoms with Gasteiger partial charge in [-0.3, -0.25) is 9.52 Å². The summed E-state index contributed by atoms with van der Waals surface area (Å²) in [5.41, 5.74) is 1.86. The van der Waals surface area contributed by atoms with Crippen LogP contribution in [0.25, 0.3) is 0 Å². The summed E-state index contributed by atoms with van der Waals surface area (Å²) in [6.07, 6.45) is 4.90. The SMILES string of the molecule is O=C1[C@@H](N2CCc3cccnc32)CCN1c1ccc(S(=O)(=O)Nc2nccs2)cc1.[HH].[HH]. The highest BCUT2D eigenvalue weighted by atomic mass is 32.2. The average Bonchev–Trinajstić information content (AvgIpc) is 3.48. The van der Waals surface area contributed by atoms with E-state index in [0.29, 0.717) is 23.8 Å². The minimum Gasteiger partial charge on any atom is -0.344 e. The minimum absolute atomic E-state index is 0. The van der Waals surface area contributed by atoms with Crippen molar-refractivity contribution in [1.82, 2.24) is 9.97 Å². The molecule has 2 aliphatic rings. The number of benzene rings is 1. The monoisotopic (exact) mass is 445 g/mol. The lowest BCUT2D eigenvalue weighted by Gasteiger charge is -2.25. The number of aromatic nitrogens is 2. The van der Waals surface area contributed by atoms with Crippen molar-refractivity contribution in [3.63, 3.8) is 0 Å². The van der Waals surface area contributed by atoms with Crippen molar-refractivity contribution < 1.29 is 16.1 Å². The fourth-order valence-corrected chi connectivity index (χ4v) is 5.79. The molecule has 0 bridgehead atoms. The van der Waals surface area contributed by atoms with Gasteiger partial charge in [-0.2, -0.15) is 0 Å². The van der Waals surface area contributed by atoms with Gasteiger partial charge in [0.25, 0.3) is 10.0 Å². The Labute approximate surface area is 181 Å². The van der Waals surface area contributed by atoms with Crippen molar-refractivity contribution in [3.8, 4) is 0 Å². The molecule has 1 atom stereocenters. The third-order valence-corrected chi connectivity index (χ3v) is 7.60. The molecule has 0 aliphatic carbocycles. The maximum atomic E-state index is 13.1. The highest BCUT2D eigenvalue weighted by molar-refractivity contribution is 7.93. The molecular formula is C20H23N5O3S2. The number of nitrogens with one attached hydrogen (secondary N) is 1. The molecule has 2 aliphatic heterocycles. The second kappa shape index (κ2) is 7.37. The summed E-state index contributed by atoms with van der Waals surface area (Å²) in [5.74, 6) is 0.914. The van der Waals surface area contributed by atoms with Crippen molar-refractivity contribution >= 4 is 43.9 Å². The van der Waals surface area contributed by atoms with Gasteiger partial charge in [-0.15, -0.1) is 11.3 Å². The Hall–Kier alpha value is -2.98. The molecule has 10 heteroatoms. The topological polar surface area (TPSA) is 95.5 Å². The van der Waals surface area contributed by atoms with Gasteiger partial charge < -0.3 is 9.80 Å². The van der Waals surface area contributed by atoms with Crippen LogP contribution in [0.4, 0.5) is 16.6 Å². The number of sulfonamides is 1. The van der Waals surface area contributed by atoms with E-state index in [1.165, 1.54) is 35.2 Å². The fourth-order valence-electron chi connectivity index (χ4n) is 4.00. The second-order valence-electron chi connectivity index (χ2n) is 7.16. The standard InChI is InChI=1S/C20H19N5O3S2.2H2/c26-19-17(25-11-7-14-2-1-9-21-18(14)25)8-12-24(19)15-3-5-16(6-4-15)30(27,28)23-20-22-10-13-29-20;;/h1-6,9-10,13,17H,7-8,11-12H2,(H,22,23);2*1H/t17-;;/m0../s1. The van der Waals surface area contributed by atoms with E-state index in [-0.39, 0.29) is 19.7 Å². The van der Waals surface area contributed by atoms with Gasteiger partial charge >= 0.3 is 0 Å². The van der Waals surface area contributed by atoms with Gasteiger partial charge in [0.2, 0.25) is 5.91 Å². The van der Waals surface area contributed by atoms with Crippen molar-refractivity contribution in [3.05, 3.63) is 59.7 Å². The van der Waals surface area contributed by atoms with E-state index in [9.17, 15) is 13.2 Å². The summed E-state index contributed by atoms with van der Waals surface area (Å²) in [4.78, 5) is 25.5. The lowest BCUT2D eigenvalue weighted by atomic mass is 10.2. The maximum Gasteiger partial charge on any atom is 0.263 e. The average molecular weight is 446 g/mol. The number of amides is 1. The first-order chi connectivity index (χ1) is 14.5. The summed E-state index contributed by atoms with van der Waals surface area (Å²) < 4.78 is 27.5. The summed E-state index contributed by atoms with van der Waals surface area (Å²) in [6, 6.07) is 10.1. The normalized spacial score (nSPS) is 18.7. The molecule has 0 saturated carbocycles. The number of thiazole rings is 1. The van der Waals surface area contributed by atoms with Crippen LogP contribution in [0.2, 0.25) is 0 Å². The summed E-state index contributed by atoms with van der Waals surface area (Å²) in [7, 11) is -3.72. The van der Waals surface area contributed by atoms with Crippen LogP contribution in [0, 0.1) is 0 Å². The molecule has 5 rings (SSSR count). The Balaban J connectivity index is 0.00000144. The van der Waals surface area contributed by atoms with Crippen molar-refractivity contribution in [2.45, 2.75) is 23.8 Å². The van der Waals surface area contributed by atoms with E-state index in [2.05, 4.69) is 25.7 Å². The maximum absolute atomic E-state index is 13.1. The Morgan fingerprint density at radius 1 is 1.10 bits per heavy atom. The Kier molecular flexibility index (Phi) is 4.67. The molecule has 2 aromatic heterocycles. The van der Waals surface area contributed by atoms with Gasteiger partial charge in [-0.05, 0) is 48.7 Å². The number of hydrogen-bond acceptors (Lipinski definition) is 7. The summed E-state index contributed by atoms with van der Waals surface area (Å²) in [5, 5.41) is 2.01. The van der Waals surface area contributed by atoms with Gasteiger partial charge in [0, 0.05) is 39.4 Å². The van der Waals surface area contributed by atoms with E-state index in [1.807, 2.05) is 6.07 Å². The third kappa shape index (κ3) is 3.31. The second-order valence-corrected chi connectivity index (χ2v) is 9.74. The number of carbonyl (C=O) groups excluding carboxylic acids is 1. The molecule has 1 aromatic carbocycles. The van der Waals surface area contributed by atoms with Crippen LogP contribution in [-0.4, -0.2) is 43.4 Å². The van der Waals surface area contributed by atoms with Crippen LogP contribution in [0.1, 0.15) is 14.8 Å². The predicted octanol–water partition coefficient (Wildman–Crippen LogP) is 3.00. The Morgan fingerprint density at radius 2 is 1.93 bits per heavy atom. The fraction of sp³-hybridized carbons (Fsp3) is 0.250. The van der Waals surface area contributed by atoms with Gasteiger partial charge in [0.05, 0.1) is 4.90 Å². The zero-order chi connectivity index (χ0) is 20.7. The van der Waals surface area contributed by atoms with E-state index >= 15 is 0 Å². The van der Waals surface area contributed by atoms with Crippen molar-refractivity contribution in [1.29, 1.82) is 0 Å². The zero-order valence-corrected chi connectivity index (χ0v) is 17.6. The molecule has 1 amide bonds. The van der Waals surface area contributed by atoms with Crippen molar-refractivity contribution in [2.75, 3.05) is 27.6 Å². The lowest BCUT2D eigenvalue weighted by molar-refractivity contribution is -0.118. The van der Waals surface area contributed by atoms with Crippen LogP contribution < -0.4 is 14.5 Å². The van der Waals surface area contributed by atoms with Gasteiger partial charge in [0.15, 0.2) is 5.13 Å². The van der Waals surface area contributed by atoms with Gasteiger partial charge in [0.1, 0.15) is 11.9 Å². The first-order valence-corrected chi connectivity index (χ1v) is 11.9. The molecule has 1 fully saturated rings. The molecule has 30 heavy (non-hydrogen) atoms. The molecule has 1 N–H and O–H groups in total. The van der Waals surface area contributed by atoms with Crippen LogP contribution in [0.5, 0.6) is 0 Å². The Bertz CT molecular complexity index is 1190. The molecule has 1 saturated heterocycles. The van der Waals surface area contributed by atoms with Crippen LogP contribution >= 0.6 is 11.3 Å². The number of nitrogens with zero attached hydrogens (tertiary/aromatic N) is 4. The Morgan fingerprint density at radius 3 is 2.70 bits per heavy atom. The van der Waals surface area contributed by atoms with E-state index in [1.54, 1.807) is 28.6 Å². The molecular weight excluding hydrogens is 422 g/mol. The largest absolute Gasteiger partial charge is 0.344 e. The van der Waals surface area contributed by atoms with Gasteiger partial charge in [-0.25, -0.2) is 18.4 Å². The molecule has 158 valence electrons. The zero-order valence-electron chi connectivity index (χ0n) is 15.9. The molecule has 0 unspecified atom stereocenters. The number of rotatable bonds is 5. The van der Waals surface area contributed by atoms with Crippen molar-refractivity contribution in [2.24, 2.45) is 0 Å². The highest BCUT2D eigenvalue weighted by Crippen LogP contribution is 2.32.